The second-order valence-corrected chi connectivity index (χ2v) is 5.91. The van der Waals surface area contributed by atoms with Crippen molar-refractivity contribution in [2.75, 3.05) is 6.54 Å². The van der Waals surface area contributed by atoms with E-state index < -0.39 is 0 Å². The van der Waals surface area contributed by atoms with Crippen molar-refractivity contribution < 1.29 is 0 Å². The molecule has 0 unspecified atom stereocenters. The fourth-order valence-corrected chi connectivity index (χ4v) is 2.61. The topological polar surface area (TPSA) is 17.0 Å². The van der Waals surface area contributed by atoms with Gasteiger partial charge in [-0.2, -0.15) is 0 Å². The molecule has 0 saturated carbocycles. The minimum Gasteiger partial charge on any atom is -0.354 e. The van der Waals surface area contributed by atoms with Crippen molar-refractivity contribution >= 4 is 0 Å². The molecule has 1 aromatic rings. The van der Waals surface area contributed by atoms with Crippen LogP contribution in [0, 0.1) is 0 Å². The van der Waals surface area contributed by atoms with E-state index in [0.29, 0.717) is 0 Å². The quantitative estimate of drug-likeness (QED) is 0.495. The Kier molecular flexibility index (Phi) is 10.4. The summed E-state index contributed by atoms with van der Waals surface area (Å²) in [5.41, 5.74) is 1.41. The monoisotopic (exact) mass is 278 g/mol. The number of hydrogen-bond donors (Lipinski definition) is 1. The van der Waals surface area contributed by atoms with Gasteiger partial charge >= 0.3 is 0 Å². The minimum absolute atomic E-state index is 1.02. The average Bonchev–Trinajstić information content (AvgIpc) is 2.89. The highest BCUT2D eigenvalue weighted by Crippen LogP contribution is 2.08. The molecule has 1 rings (SSSR count). The maximum atomic E-state index is 3.55. The SMILES string of the molecule is CCCCCCCCCCNCc1ccn(CCC)c1. The van der Waals surface area contributed by atoms with Crippen LogP contribution in [-0.4, -0.2) is 11.1 Å². The Hall–Kier alpha value is -0.760. The number of aryl methyl sites for hydroxylation is 1. The Balaban J connectivity index is 1.89. The third kappa shape index (κ3) is 8.42. The Labute approximate surface area is 126 Å². The van der Waals surface area contributed by atoms with Crippen molar-refractivity contribution in [1.29, 1.82) is 0 Å². The summed E-state index contributed by atoms with van der Waals surface area (Å²) in [4.78, 5) is 0. The second-order valence-electron chi connectivity index (χ2n) is 5.91. The van der Waals surface area contributed by atoms with Crippen LogP contribution >= 0.6 is 0 Å². The molecule has 20 heavy (non-hydrogen) atoms. The zero-order valence-electron chi connectivity index (χ0n) is 13.7. The number of nitrogens with zero attached hydrogens (tertiary/aromatic N) is 1. The Morgan fingerprint density at radius 1 is 0.900 bits per heavy atom. The third-order valence-electron chi connectivity index (χ3n) is 3.83. The van der Waals surface area contributed by atoms with Crippen LogP contribution in [0.4, 0.5) is 0 Å². The lowest BCUT2D eigenvalue weighted by Crippen LogP contribution is -2.14. The summed E-state index contributed by atoms with van der Waals surface area (Å²) in [6.07, 6.45) is 16.9. The van der Waals surface area contributed by atoms with Gasteiger partial charge in [0.1, 0.15) is 0 Å². The van der Waals surface area contributed by atoms with Crippen molar-refractivity contribution in [3.8, 4) is 0 Å². The molecule has 0 bridgehead atoms. The Morgan fingerprint density at radius 2 is 1.60 bits per heavy atom. The smallest absolute Gasteiger partial charge is 0.0220 e. The van der Waals surface area contributed by atoms with E-state index in [4.69, 9.17) is 0 Å². The van der Waals surface area contributed by atoms with E-state index in [1.165, 1.54) is 63.4 Å². The summed E-state index contributed by atoms with van der Waals surface area (Å²) < 4.78 is 2.29. The lowest BCUT2D eigenvalue weighted by molar-refractivity contribution is 0.555. The van der Waals surface area contributed by atoms with Gasteiger partial charge in [-0.25, -0.2) is 0 Å². The van der Waals surface area contributed by atoms with Gasteiger partial charge in [0.05, 0.1) is 0 Å². The van der Waals surface area contributed by atoms with Gasteiger partial charge in [-0.3, -0.25) is 0 Å². The molecule has 116 valence electrons. The molecule has 0 aliphatic rings. The molecule has 1 N–H and O–H groups in total. The van der Waals surface area contributed by atoms with E-state index in [1.807, 2.05) is 0 Å². The maximum Gasteiger partial charge on any atom is 0.0220 e. The fourth-order valence-electron chi connectivity index (χ4n) is 2.61. The summed E-state index contributed by atoms with van der Waals surface area (Å²) in [6.45, 7) is 7.82. The molecule has 0 aromatic carbocycles. The zero-order chi connectivity index (χ0) is 14.5. The van der Waals surface area contributed by atoms with Gasteiger partial charge in [0.2, 0.25) is 0 Å². The van der Waals surface area contributed by atoms with Gasteiger partial charge in [-0.05, 0) is 31.0 Å². The molecule has 1 heterocycles. The van der Waals surface area contributed by atoms with Crippen molar-refractivity contribution in [2.24, 2.45) is 0 Å². The Bertz CT molecular complexity index is 317. The lowest BCUT2D eigenvalue weighted by Gasteiger charge is -2.04. The molecule has 0 spiro atoms. The second kappa shape index (κ2) is 12.0. The van der Waals surface area contributed by atoms with Gasteiger partial charge < -0.3 is 9.88 Å². The average molecular weight is 278 g/mol. The molecule has 1 aromatic heterocycles. The zero-order valence-corrected chi connectivity index (χ0v) is 13.7. The molecule has 0 fully saturated rings. The van der Waals surface area contributed by atoms with Crippen LogP contribution in [-0.2, 0) is 13.1 Å². The fraction of sp³-hybridized carbons (Fsp3) is 0.778. The number of hydrogen-bond acceptors (Lipinski definition) is 1. The van der Waals surface area contributed by atoms with Crippen molar-refractivity contribution in [3.63, 3.8) is 0 Å². The molecule has 2 heteroatoms. The van der Waals surface area contributed by atoms with Crippen molar-refractivity contribution in [2.45, 2.75) is 84.7 Å². The van der Waals surface area contributed by atoms with E-state index in [1.54, 1.807) is 0 Å². The van der Waals surface area contributed by atoms with Crippen LogP contribution in [0.3, 0.4) is 0 Å². The minimum atomic E-state index is 1.02. The molecule has 0 amide bonds. The van der Waals surface area contributed by atoms with Crippen molar-refractivity contribution in [1.82, 2.24) is 9.88 Å². The van der Waals surface area contributed by atoms with Crippen LogP contribution in [0.2, 0.25) is 0 Å². The van der Waals surface area contributed by atoms with Crippen LogP contribution in [0.15, 0.2) is 18.5 Å². The number of nitrogens with one attached hydrogen (secondary N) is 1. The summed E-state index contributed by atoms with van der Waals surface area (Å²) in [7, 11) is 0. The van der Waals surface area contributed by atoms with Gasteiger partial charge in [-0.15, -0.1) is 0 Å². The summed E-state index contributed by atoms with van der Waals surface area (Å²) in [6, 6.07) is 2.23. The first kappa shape index (κ1) is 17.3. The predicted molar refractivity (Wildman–Crippen MR) is 89.0 cm³/mol. The number of aromatic nitrogens is 1. The van der Waals surface area contributed by atoms with Crippen molar-refractivity contribution in [3.05, 3.63) is 24.0 Å². The van der Waals surface area contributed by atoms with Gasteiger partial charge in [0, 0.05) is 25.5 Å². The lowest BCUT2D eigenvalue weighted by atomic mass is 10.1. The van der Waals surface area contributed by atoms with E-state index in [9.17, 15) is 0 Å². The highest BCUT2D eigenvalue weighted by atomic mass is 14.9. The molecule has 0 aliphatic heterocycles. The standard InChI is InChI=1S/C18H34N2/c1-3-5-6-7-8-9-10-11-13-19-16-18-12-15-20(17-18)14-4-2/h12,15,17,19H,3-11,13-14,16H2,1-2H3. The first-order chi connectivity index (χ1) is 9.86. The largest absolute Gasteiger partial charge is 0.354 e. The first-order valence-electron chi connectivity index (χ1n) is 8.72. The molecule has 0 aliphatic carbocycles. The molecular weight excluding hydrogens is 244 g/mol. The summed E-state index contributed by atoms with van der Waals surface area (Å²) in [5, 5.41) is 3.55. The van der Waals surface area contributed by atoms with E-state index in [0.717, 1.165) is 19.6 Å². The highest BCUT2D eigenvalue weighted by Gasteiger charge is 1.96. The predicted octanol–water partition coefficient (Wildman–Crippen LogP) is 5.13. The number of rotatable bonds is 13. The van der Waals surface area contributed by atoms with Crippen LogP contribution < -0.4 is 5.32 Å². The van der Waals surface area contributed by atoms with Gasteiger partial charge in [-0.1, -0.05) is 58.8 Å². The van der Waals surface area contributed by atoms with Gasteiger partial charge in [0.25, 0.3) is 0 Å². The van der Waals surface area contributed by atoms with E-state index in [-0.39, 0.29) is 0 Å². The maximum absolute atomic E-state index is 3.55. The highest BCUT2D eigenvalue weighted by molar-refractivity contribution is 5.09. The van der Waals surface area contributed by atoms with Crippen LogP contribution in [0.25, 0.3) is 0 Å². The molecule has 0 saturated heterocycles. The van der Waals surface area contributed by atoms with E-state index in [2.05, 4.69) is 42.2 Å². The summed E-state index contributed by atoms with van der Waals surface area (Å²) >= 11 is 0. The normalized spacial score (nSPS) is 11.1. The third-order valence-corrected chi connectivity index (χ3v) is 3.83. The van der Waals surface area contributed by atoms with Crippen LogP contribution in [0.1, 0.15) is 77.2 Å². The molecule has 2 nitrogen and oxygen atoms in total. The van der Waals surface area contributed by atoms with Crippen LogP contribution in [0.5, 0.6) is 0 Å². The summed E-state index contributed by atoms with van der Waals surface area (Å²) in [5.74, 6) is 0. The Morgan fingerprint density at radius 3 is 2.30 bits per heavy atom. The molecule has 0 radical (unpaired) electrons. The number of unbranched alkanes of at least 4 members (excludes halogenated alkanes) is 7. The van der Waals surface area contributed by atoms with Gasteiger partial charge in [0.15, 0.2) is 0 Å². The van der Waals surface area contributed by atoms with E-state index >= 15 is 0 Å². The molecule has 0 atom stereocenters. The first-order valence-corrected chi connectivity index (χ1v) is 8.72. The molecular formula is C18H34N2.